The van der Waals surface area contributed by atoms with Crippen molar-refractivity contribution in [2.45, 2.75) is 19.9 Å². The largest absolute Gasteiger partial charge is 0.481 e. The average molecular weight is 225 g/mol. The van der Waals surface area contributed by atoms with Crippen LogP contribution in [0.1, 0.15) is 13.8 Å². The van der Waals surface area contributed by atoms with Crippen LogP contribution >= 0.6 is 12.2 Å². The lowest BCUT2D eigenvalue weighted by molar-refractivity contribution is 0.398. The normalized spacial score (nSPS) is 9.87. The van der Waals surface area contributed by atoms with Gasteiger partial charge < -0.3 is 15.4 Å². The second kappa shape index (κ2) is 5.50. The van der Waals surface area contributed by atoms with Crippen molar-refractivity contribution < 1.29 is 4.74 Å². The predicted octanol–water partition coefficient (Wildman–Crippen LogP) is 1.78. The molecule has 82 valence electrons. The maximum atomic E-state index is 5.09. The average Bonchev–Trinajstić information content (AvgIpc) is 2.17. The third kappa shape index (κ3) is 4.12. The highest BCUT2D eigenvalue weighted by Crippen LogP contribution is 2.10. The number of aromatic nitrogens is 1. The number of pyridine rings is 1. The van der Waals surface area contributed by atoms with Crippen molar-refractivity contribution in [3.63, 3.8) is 0 Å². The summed E-state index contributed by atoms with van der Waals surface area (Å²) in [6.07, 6.45) is 1.67. The second-order valence-corrected chi connectivity index (χ2v) is 3.75. The van der Waals surface area contributed by atoms with E-state index in [0.717, 1.165) is 5.69 Å². The van der Waals surface area contributed by atoms with Gasteiger partial charge in [-0.15, -0.1) is 0 Å². The molecule has 2 N–H and O–H groups in total. The Balaban J connectivity index is 2.53. The van der Waals surface area contributed by atoms with Crippen molar-refractivity contribution in [1.29, 1.82) is 0 Å². The minimum atomic E-state index is 0.316. The number of nitrogens with one attached hydrogen (secondary N) is 2. The molecule has 1 rings (SSSR count). The maximum Gasteiger partial charge on any atom is 0.213 e. The number of rotatable bonds is 3. The smallest absolute Gasteiger partial charge is 0.213 e. The Bertz CT molecular complexity index is 324. The molecular formula is C10H15N3OS. The fraction of sp³-hybridized carbons (Fsp3) is 0.400. The third-order valence-electron chi connectivity index (χ3n) is 1.62. The Morgan fingerprint density at radius 1 is 1.47 bits per heavy atom. The molecule has 1 aromatic heterocycles. The summed E-state index contributed by atoms with van der Waals surface area (Å²) in [7, 11) is 1.58. The summed E-state index contributed by atoms with van der Waals surface area (Å²) < 4.78 is 4.95. The minimum Gasteiger partial charge on any atom is -0.481 e. The number of hydrogen-bond donors (Lipinski definition) is 2. The van der Waals surface area contributed by atoms with Crippen molar-refractivity contribution >= 4 is 23.0 Å². The van der Waals surface area contributed by atoms with Crippen LogP contribution in [0.15, 0.2) is 18.3 Å². The Hall–Kier alpha value is -1.36. The van der Waals surface area contributed by atoms with E-state index in [1.807, 2.05) is 19.9 Å². The van der Waals surface area contributed by atoms with Crippen LogP contribution in [0.2, 0.25) is 0 Å². The van der Waals surface area contributed by atoms with E-state index in [4.69, 9.17) is 17.0 Å². The van der Waals surface area contributed by atoms with Gasteiger partial charge in [-0.2, -0.15) is 0 Å². The van der Waals surface area contributed by atoms with Gasteiger partial charge in [0.1, 0.15) is 0 Å². The summed E-state index contributed by atoms with van der Waals surface area (Å²) in [5.74, 6) is 0.586. The summed E-state index contributed by atoms with van der Waals surface area (Å²) in [5, 5.41) is 6.70. The van der Waals surface area contributed by atoms with Gasteiger partial charge in [0.2, 0.25) is 5.88 Å². The molecule has 15 heavy (non-hydrogen) atoms. The molecule has 0 saturated heterocycles. The molecule has 1 aromatic rings. The lowest BCUT2D eigenvalue weighted by Gasteiger charge is -2.12. The summed E-state index contributed by atoms with van der Waals surface area (Å²) >= 11 is 5.09. The van der Waals surface area contributed by atoms with E-state index in [1.54, 1.807) is 19.4 Å². The lowest BCUT2D eigenvalue weighted by Crippen LogP contribution is -2.33. The summed E-state index contributed by atoms with van der Waals surface area (Å²) in [5.41, 5.74) is 0.842. The summed E-state index contributed by atoms with van der Waals surface area (Å²) in [4.78, 5) is 4.06. The van der Waals surface area contributed by atoms with E-state index in [2.05, 4.69) is 15.6 Å². The van der Waals surface area contributed by atoms with Gasteiger partial charge in [-0.3, -0.25) is 0 Å². The molecule has 0 radical (unpaired) electrons. The van der Waals surface area contributed by atoms with Crippen molar-refractivity contribution in [2.24, 2.45) is 0 Å². The zero-order valence-corrected chi connectivity index (χ0v) is 9.89. The molecule has 0 fully saturated rings. The van der Waals surface area contributed by atoms with Gasteiger partial charge in [0.15, 0.2) is 5.11 Å². The number of ether oxygens (including phenoxy) is 1. The van der Waals surface area contributed by atoms with Crippen molar-refractivity contribution in [2.75, 3.05) is 12.4 Å². The summed E-state index contributed by atoms with van der Waals surface area (Å²) in [6.45, 7) is 4.06. The highest BCUT2D eigenvalue weighted by atomic mass is 32.1. The molecule has 0 aliphatic heterocycles. The molecule has 0 aliphatic carbocycles. The first-order valence-electron chi connectivity index (χ1n) is 4.69. The molecular weight excluding hydrogens is 210 g/mol. The molecule has 5 heteroatoms. The van der Waals surface area contributed by atoms with Gasteiger partial charge in [0, 0.05) is 12.1 Å². The molecule has 0 saturated carbocycles. The van der Waals surface area contributed by atoms with Crippen molar-refractivity contribution in [1.82, 2.24) is 10.3 Å². The van der Waals surface area contributed by atoms with Gasteiger partial charge in [0.25, 0.3) is 0 Å². The first-order chi connectivity index (χ1) is 7.11. The highest BCUT2D eigenvalue weighted by Gasteiger charge is 2.00. The second-order valence-electron chi connectivity index (χ2n) is 3.34. The van der Waals surface area contributed by atoms with Crippen LogP contribution < -0.4 is 15.4 Å². The van der Waals surface area contributed by atoms with Crippen molar-refractivity contribution in [3.8, 4) is 5.88 Å². The number of thiocarbonyl (C=S) groups is 1. The van der Waals surface area contributed by atoms with Crippen LogP contribution in [0.3, 0.4) is 0 Å². The van der Waals surface area contributed by atoms with Gasteiger partial charge >= 0.3 is 0 Å². The Labute approximate surface area is 95.0 Å². The van der Waals surface area contributed by atoms with E-state index in [-0.39, 0.29) is 0 Å². The van der Waals surface area contributed by atoms with Gasteiger partial charge in [0.05, 0.1) is 19.0 Å². The fourth-order valence-corrected chi connectivity index (χ4v) is 1.36. The zero-order valence-electron chi connectivity index (χ0n) is 9.07. The van der Waals surface area contributed by atoms with Gasteiger partial charge in [-0.05, 0) is 32.1 Å². The van der Waals surface area contributed by atoms with E-state index >= 15 is 0 Å². The van der Waals surface area contributed by atoms with Crippen LogP contribution in [0.4, 0.5) is 5.69 Å². The monoisotopic (exact) mass is 225 g/mol. The molecule has 0 spiro atoms. The van der Waals surface area contributed by atoms with Gasteiger partial charge in [-0.1, -0.05) is 0 Å². The third-order valence-corrected chi connectivity index (χ3v) is 1.84. The Kier molecular flexibility index (Phi) is 4.30. The number of hydrogen-bond acceptors (Lipinski definition) is 3. The molecule has 0 atom stereocenters. The van der Waals surface area contributed by atoms with Crippen LogP contribution in [-0.4, -0.2) is 23.2 Å². The molecule has 0 bridgehead atoms. The molecule has 0 aliphatic rings. The molecule has 0 aromatic carbocycles. The number of nitrogens with zero attached hydrogens (tertiary/aromatic N) is 1. The zero-order chi connectivity index (χ0) is 11.3. The van der Waals surface area contributed by atoms with Crippen LogP contribution in [-0.2, 0) is 0 Å². The first kappa shape index (κ1) is 11.7. The van der Waals surface area contributed by atoms with E-state index < -0.39 is 0 Å². The first-order valence-corrected chi connectivity index (χ1v) is 5.10. The topological polar surface area (TPSA) is 46.2 Å². The standard InChI is InChI=1S/C10H15N3OS/c1-7(2)12-10(15)13-8-4-5-9(14-3)11-6-8/h4-7H,1-3H3,(H2,12,13,15). The van der Waals surface area contributed by atoms with E-state index in [9.17, 15) is 0 Å². The van der Waals surface area contributed by atoms with Crippen molar-refractivity contribution in [3.05, 3.63) is 18.3 Å². The minimum absolute atomic E-state index is 0.316. The summed E-state index contributed by atoms with van der Waals surface area (Å²) in [6, 6.07) is 3.96. The van der Waals surface area contributed by atoms with E-state index in [0.29, 0.717) is 17.0 Å². The van der Waals surface area contributed by atoms with Crippen LogP contribution in [0.25, 0.3) is 0 Å². The molecule has 0 unspecified atom stereocenters. The molecule has 4 nitrogen and oxygen atoms in total. The van der Waals surface area contributed by atoms with Crippen LogP contribution in [0, 0.1) is 0 Å². The van der Waals surface area contributed by atoms with Crippen LogP contribution in [0.5, 0.6) is 5.88 Å². The Morgan fingerprint density at radius 2 is 2.20 bits per heavy atom. The molecule has 1 heterocycles. The SMILES string of the molecule is COc1ccc(NC(=S)NC(C)C)cn1. The number of anilines is 1. The van der Waals surface area contributed by atoms with E-state index in [1.165, 1.54) is 0 Å². The lowest BCUT2D eigenvalue weighted by atomic mass is 10.4. The number of methoxy groups -OCH3 is 1. The van der Waals surface area contributed by atoms with Gasteiger partial charge in [-0.25, -0.2) is 4.98 Å². The quantitative estimate of drug-likeness (QED) is 0.768. The highest BCUT2D eigenvalue weighted by molar-refractivity contribution is 7.80. The molecule has 0 amide bonds. The fourth-order valence-electron chi connectivity index (χ4n) is 1.00. The predicted molar refractivity (Wildman–Crippen MR) is 65.3 cm³/mol. The Morgan fingerprint density at radius 3 is 2.67 bits per heavy atom. The maximum absolute atomic E-state index is 5.09.